The Kier molecular flexibility index (Phi) is 6.46. The van der Waals surface area contributed by atoms with Crippen molar-refractivity contribution in [1.82, 2.24) is 10.0 Å². The zero-order valence-corrected chi connectivity index (χ0v) is 13.7. The molecule has 0 bridgehead atoms. The van der Waals surface area contributed by atoms with Gasteiger partial charge in [-0.15, -0.1) is 11.3 Å². The highest BCUT2D eigenvalue weighted by molar-refractivity contribution is 7.89. The molecule has 0 amide bonds. The molecule has 0 aromatic carbocycles. The molecule has 0 fully saturated rings. The molecule has 0 saturated carbocycles. The Morgan fingerprint density at radius 1 is 1.42 bits per heavy atom. The molecular formula is C13H24N2O2S2. The van der Waals surface area contributed by atoms with E-state index in [1.54, 1.807) is 6.07 Å². The SMILES string of the molecule is CCCCC(C)NS(=O)(=O)c1cc(CNC)sc1C. The molecule has 1 aromatic rings. The second-order valence-corrected chi connectivity index (χ2v) is 7.85. The Balaban J connectivity index is 2.82. The normalized spacial score (nSPS) is 13.7. The van der Waals surface area contributed by atoms with Crippen molar-refractivity contribution in [2.75, 3.05) is 7.05 Å². The van der Waals surface area contributed by atoms with Gasteiger partial charge in [-0.1, -0.05) is 19.8 Å². The van der Waals surface area contributed by atoms with Crippen LogP contribution in [0.1, 0.15) is 42.9 Å². The van der Waals surface area contributed by atoms with Crippen LogP contribution in [-0.4, -0.2) is 21.5 Å². The van der Waals surface area contributed by atoms with Gasteiger partial charge in [-0.05, 0) is 33.4 Å². The molecule has 6 heteroatoms. The maximum absolute atomic E-state index is 12.3. The first kappa shape index (κ1) is 16.6. The zero-order chi connectivity index (χ0) is 14.5. The van der Waals surface area contributed by atoms with E-state index in [0.29, 0.717) is 11.4 Å². The van der Waals surface area contributed by atoms with Crippen molar-refractivity contribution < 1.29 is 8.42 Å². The van der Waals surface area contributed by atoms with Gasteiger partial charge in [-0.25, -0.2) is 13.1 Å². The highest BCUT2D eigenvalue weighted by atomic mass is 32.2. The van der Waals surface area contributed by atoms with E-state index in [1.165, 1.54) is 11.3 Å². The summed E-state index contributed by atoms with van der Waals surface area (Å²) in [5, 5.41) is 3.04. The Morgan fingerprint density at radius 2 is 2.11 bits per heavy atom. The van der Waals surface area contributed by atoms with Crippen LogP contribution in [0.25, 0.3) is 0 Å². The van der Waals surface area contributed by atoms with E-state index in [9.17, 15) is 8.42 Å². The van der Waals surface area contributed by atoms with Gasteiger partial charge in [0.15, 0.2) is 0 Å². The average Bonchev–Trinajstić information content (AvgIpc) is 2.68. The number of rotatable bonds is 8. The molecule has 1 aromatic heterocycles. The molecule has 2 N–H and O–H groups in total. The molecule has 0 spiro atoms. The summed E-state index contributed by atoms with van der Waals surface area (Å²) in [6.45, 7) is 6.58. The van der Waals surface area contributed by atoms with Crippen LogP contribution in [0.5, 0.6) is 0 Å². The summed E-state index contributed by atoms with van der Waals surface area (Å²) in [5.74, 6) is 0. The smallest absolute Gasteiger partial charge is 0.241 e. The number of thiophene rings is 1. The lowest BCUT2D eigenvalue weighted by Gasteiger charge is -2.13. The van der Waals surface area contributed by atoms with Crippen LogP contribution in [-0.2, 0) is 16.6 Å². The van der Waals surface area contributed by atoms with E-state index < -0.39 is 10.0 Å². The van der Waals surface area contributed by atoms with Crippen LogP contribution >= 0.6 is 11.3 Å². The number of nitrogens with one attached hydrogen (secondary N) is 2. The van der Waals surface area contributed by atoms with Crippen molar-refractivity contribution in [1.29, 1.82) is 0 Å². The van der Waals surface area contributed by atoms with Crippen LogP contribution < -0.4 is 10.0 Å². The minimum atomic E-state index is -3.39. The number of aryl methyl sites for hydroxylation is 1. The Labute approximate surface area is 120 Å². The lowest BCUT2D eigenvalue weighted by atomic mass is 10.2. The molecule has 110 valence electrons. The summed E-state index contributed by atoms with van der Waals surface area (Å²) in [6.07, 6.45) is 3.00. The van der Waals surface area contributed by atoms with Crippen LogP contribution in [0, 0.1) is 6.92 Å². The van der Waals surface area contributed by atoms with Crippen molar-refractivity contribution in [3.05, 3.63) is 15.8 Å². The van der Waals surface area contributed by atoms with Gasteiger partial charge < -0.3 is 5.32 Å². The van der Waals surface area contributed by atoms with E-state index >= 15 is 0 Å². The molecule has 4 nitrogen and oxygen atoms in total. The van der Waals surface area contributed by atoms with E-state index in [-0.39, 0.29) is 6.04 Å². The van der Waals surface area contributed by atoms with Crippen LogP contribution in [0.4, 0.5) is 0 Å². The lowest BCUT2D eigenvalue weighted by molar-refractivity contribution is 0.534. The lowest BCUT2D eigenvalue weighted by Crippen LogP contribution is -2.32. The minimum absolute atomic E-state index is 0.0167. The highest BCUT2D eigenvalue weighted by Gasteiger charge is 2.21. The largest absolute Gasteiger partial charge is 0.315 e. The topological polar surface area (TPSA) is 58.2 Å². The van der Waals surface area contributed by atoms with E-state index in [2.05, 4.69) is 17.0 Å². The van der Waals surface area contributed by atoms with E-state index in [0.717, 1.165) is 29.0 Å². The molecule has 1 atom stereocenters. The molecule has 0 aliphatic heterocycles. The summed E-state index contributed by atoms with van der Waals surface area (Å²) < 4.78 is 27.4. The monoisotopic (exact) mass is 304 g/mol. The summed E-state index contributed by atoms with van der Waals surface area (Å²) >= 11 is 1.53. The van der Waals surface area contributed by atoms with Gasteiger partial charge in [0.2, 0.25) is 10.0 Å². The predicted octanol–water partition coefficient (Wildman–Crippen LogP) is 2.63. The van der Waals surface area contributed by atoms with Crippen LogP contribution in [0.15, 0.2) is 11.0 Å². The number of hydrogen-bond donors (Lipinski definition) is 2. The number of unbranched alkanes of at least 4 members (excludes halogenated alkanes) is 1. The molecular weight excluding hydrogens is 280 g/mol. The van der Waals surface area contributed by atoms with Gasteiger partial charge in [0, 0.05) is 22.3 Å². The first-order valence-electron chi connectivity index (χ1n) is 6.67. The maximum Gasteiger partial charge on any atom is 0.241 e. The van der Waals surface area contributed by atoms with Gasteiger partial charge in [0.1, 0.15) is 0 Å². The first-order chi connectivity index (χ1) is 8.90. The van der Waals surface area contributed by atoms with Gasteiger partial charge >= 0.3 is 0 Å². The number of sulfonamides is 1. The summed E-state index contributed by atoms with van der Waals surface area (Å²) in [7, 11) is -1.53. The third kappa shape index (κ3) is 4.87. The maximum atomic E-state index is 12.3. The van der Waals surface area contributed by atoms with Gasteiger partial charge in [-0.3, -0.25) is 0 Å². The molecule has 0 radical (unpaired) electrons. The Morgan fingerprint density at radius 3 is 2.68 bits per heavy atom. The standard InChI is InChI=1S/C13H24N2O2S2/c1-5-6-7-10(2)15-19(16,17)13-8-12(9-14-4)18-11(13)3/h8,10,14-15H,5-7,9H2,1-4H3. The fourth-order valence-electron chi connectivity index (χ4n) is 1.95. The molecule has 0 saturated heterocycles. The second kappa shape index (κ2) is 7.38. The van der Waals surface area contributed by atoms with Crippen molar-refractivity contribution in [2.45, 2.75) is 57.5 Å². The second-order valence-electron chi connectivity index (χ2n) is 4.83. The third-order valence-electron chi connectivity index (χ3n) is 2.91. The molecule has 0 aliphatic carbocycles. The van der Waals surface area contributed by atoms with Crippen molar-refractivity contribution in [3.8, 4) is 0 Å². The van der Waals surface area contributed by atoms with E-state index in [1.807, 2.05) is 20.9 Å². The Bertz CT molecular complexity index is 495. The highest BCUT2D eigenvalue weighted by Crippen LogP contribution is 2.25. The van der Waals surface area contributed by atoms with Crippen LogP contribution in [0.3, 0.4) is 0 Å². The van der Waals surface area contributed by atoms with E-state index in [4.69, 9.17) is 0 Å². The molecule has 1 rings (SSSR count). The predicted molar refractivity (Wildman–Crippen MR) is 81.1 cm³/mol. The van der Waals surface area contributed by atoms with Crippen molar-refractivity contribution in [2.24, 2.45) is 0 Å². The first-order valence-corrected chi connectivity index (χ1v) is 8.97. The quantitative estimate of drug-likeness (QED) is 0.776. The van der Waals surface area contributed by atoms with Crippen LogP contribution in [0.2, 0.25) is 0 Å². The summed E-state index contributed by atoms with van der Waals surface area (Å²) in [6, 6.07) is 1.75. The van der Waals surface area contributed by atoms with Gasteiger partial charge in [-0.2, -0.15) is 0 Å². The summed E-state index contributed by atoms with van der Waals surface area (Å²) in [4.78, 5) is 2.31. The Hall–Kier alpha value is -0.430. The van der Waals surface area contributed by atoms with Crippen molar-refractivity contribution in [3.63, 3.8) is 0 Å². The number of hydrogen-bond acceptors (Lipinski definition) is 4. The fraction of sp³-hybridized carbons (Fsp3) is 0.692. The fourth-order valence-corrected chi connectivity index (χ4v) is 4.88. The zero-order valence-electron chi connectivity index (χ0n) is 12.1. The minimum Gasteiger partial charge on any atom is -0.315 e. The molecule has 19 heavy (non-hydrogen) atoms. The molecule has 1 unspecified atom stereocenters. The van der Waals surface area contributed by atoms with Gasteiger partial charge in [0.05, 0.1) is 4.90 Å². The van der Waals surface area contributed by atoms with Crippen molar-refractivity contribution >= 4 is 21.4 Å². The average molecular weight is 304 g/mol. The summed E-state index contributed by atoms with van der Waals surface area (Å²) in [5.41, 5.74) is 0. The van der Waals surface area contributed by atoms with Gasteiger partial charge in [0.25, 0.3) is 0 Å². The molecule has 1 heterocycles. The third-order valence-corrected chi connectivity index (χ3v) is 5.81. The molecule has 0 aliphatic rings.